The number of hydrogen-bond acceptors (Lipinski definition) is 20. The first kappa shape index (κ1) is 120. The third-order valence-electron chi connectivity index (χ3n) is 20.4. The number of Topliss-reactive ketones (excluding diaryl/α,β-unsaturated/α-hetero) is 1. The Morgan fingerprint density at radius 2 is 0.832 bits per heavy atom. The van der Waals surface area contributed by atoms with Gasteiger partial charge in [0.15, 0.2) is 11.2 Å². The number of nitrogens with one attached hydrogen (secondary N) is 2. The number of phenolic OH excluding ortho intramolecular Hbond substituents is 1. The van der Waals surface area contributed by atoms with E-state index in [1.54, 1.807) is 108 Å². The molecule has 0 aliphatic carbocycles. The van der Waals surface area contributed by atoms with Crippen LogP contribution in [0, 0.1) is 6.92 Å². The van der Waals surface area contributed by atoms with Gasteiger partial charge in [-0.05, 0) is 254 Å². The summed E-state index contributed by atoms with van der Waals surface area (Å²) >= 11 is 26.4. The van der Waals surface area contributed by atoms with Gasteiger partial charge in [-0.3, -0.25) is 23.7 Å². The summed E-state index contributed by atoms with van der Waals surface area (Å²) in [7, 11) is 4.00. The second-order valence-electron chi connectivity index (χ2n) is 33.6. The number of aromatic hydroxyl groups is 1. The highest BCUT2D eigenvalue weighted by Crippen LogP contribution is 2.61. The summed E-state index contributed by atoms with van der Waals surface area (Å²) in [5.41, 5.74) is 20.4. The molecule has 1 amide bonds. The number of aromatic nitrogens is 4. The number of anilines is 1. The summed E-state index contributed by atoms with van der Waals surface area (Å²) in [4.78, 5) is 55.2. The van der Waals surface area contributed by atoms with Crippen molar-refractivity contribution in [3.63, 3.8) is 0 Å². The summed E-state index contributed by atoms with van der Waals surface area (Å²) < 4.78 is 151. The van der Waals surface area contributed by atoms with Crippen molar-refractivity contribution in [1.29, 1.82) is 0 Å². The zero-order valence-electron chi connectivity index (χ0n) is 83.4. The molecule has 0 unspecified atom stereocenters. The summed E-state index contributed by atoms with van der Waals surface area (Å²) in [6, 6.07) is 99.2. The summed E-state index contributed by atoms with van der Waals surface area (Å²) in [6.07, 6.45) is -9.19. The minimum Gasteiger partial charge on any atom is -0.507 e. The topological polar surface area (TPSA) is 338 Å². The Bertz CT molecular complexity index is 7620. The lowest BCUT2D eigenvalue weighted by Crippen LogP contribution is -2.35. The number of alkyl carbamates (subject to hydrolysis) is 1. The van der Waals surface area contributed by atoms with Gasteiger partial charge in [-0.1, -0.05) is 199 Å². The number of nitrogens with zero attached hydrogens (tertiary/aromatic N) is 4. The first-order chi connectivity index (χ1) is 70.5. The Morgan fingerprint density at radius 1 is 0.456 bits per heavy atom. The van der Waals surface area contributed by atoms with Crippen LogP contribution in [-0.2, 0) is 31.8 Å². The number of H-pyrrole nitrogens is 1. The highest BCUT2D eigenvalue weighted by molar-refractivity contribution is 8.24. The minimum atomic E-state index is -4.43. The molecule has 17 rings (SSSR count). The highest BCUT2D eigenvalue weighted by Gasteiger charge is 2.34. The van der Waals surface area contributed by atoms with Crippen LogP contribution in [0.3, 0.4) is 0 Å². The standard InChI is InChI=1S/C20H21NO2.C16H12ClNO.C16H14F3NO.C16H13NO2.C15H10ClNO.C9H10O2.C7H6F3N.C7H16N2O2.C7H8O3S.Cl3OP/c1-20(2,3)23-19-13-17(15-10-6-8-12-18(15)22-4)21-16-11-7-5-9-14(16)19;1-19-16-9-5-3-7-12(16)15-10-13(17)11-6-2-4-8-14(11)18-15;1-11(12-7-3-6-10-15(12)21-2)20-14-9-5-4-8-13(14)16(17,18)19;1-19-16-9-5-3-7-12(16)14-10-15(18)11-6-2-4-8-13(11)17-14;16-12-9-14(11-6-2-4-8-15(11)18)17-13-7-3-1-5-10(12)13;1-7(10)8-5-3-4-6-9(8)11-2;8-7(9,10)5-3-1-2-4-6(5)11;1-7(2,3)11-6(10)9-5-4-8;1-6-2-4-7(5-3-6)11(8,9)10;1-5(2,3)4/h5-13H,1-4H3;2-10H,1H3;3-10H,1-2H3;2-10H,1H3,(H,17,18);1-9,18H;3-6H,1-2H3;1-4H,11H2;4-5,8H2,1-3H3,(H,9,10);2-5H,1H3,(H,8,9,10);. The monoisotopic (exact) mass is 2170 g/mol. The number of ether oxygens (including phenoxy) is 7. The Hall–Kier alpha value is -14.6. The molecule has 0 radical (unpaired) electrons. The molecule has 780 valence electrons. The number of nitrogens with two attached hydrogens (primary N) is 2. The van der Waals surface area contributed by atoms with Crippen LogP contribution >= 0.6 is 62.1 Å². The molecular weight excluding hydrogens is 2060 g/mol. The Labute approximate surface area is 884 Å². The van der Waals surface area contributed by atoms with Crippen molar-refractivity contribution in [3.05, 3.63) is 388 Å². The number of fused-ring (bicyclic) bond motifs is 4. The Morgan fingerprint density at radius 3 is 1.28 bits per heavy atom. The quantitative estimate of drug-likeness (QED) is 0.0131. The number of aliphatic imine (C=N–C) groups is 1. The highest BCUT2D eigenvalue weighted by atomic mass is 36.0. The molecule has 0 spiro atoms. The molecule has 17 aromatic rings. The summed E-state index contributed by atoms with van der Waals surface area (Å²) in [5, 5.41) is 14.0. The van der Waals surface area contributed by atoms with Crippen LogP contribution in [0.15, 0.2) is 354 Å². The number of amides is 1. The van der Waals surface area contributed by atoms with Gasteiger partial charge in [0.05, 0.1) is 112 Å². The Balaban J connectivity index is 0.000000205. The molecule has 23 nitrogen and oxygen atoms in total. The van der Waals surface area contributed by atoms with Crippen LogP contribution in [0.4, 0.5) is 42.5 Å². The predicted octanol–water partition coefficient (Wildman–Crippen LogP) is 30.7. The van der Waals surface area contributed by atoms with Crippen LogP contribution < -0.4 is 50.6 Å². The summed E-state index contributed by atoms with van der Waals surface area (Å²) in [6.45, 7) is 17.5. The lowest BCUT2D eigenvalue weighted by molar-refractivity contribution is -0.137. The molecule has 13 aromatic carbocycles. The molecule has 0 aliphatic heterocycles. The molecule has 8 N–H and O–H groups in total. The van der Waals surface area contributed by atoms with Crippen molar-refractivity contribution in [2.45, 2.75) is 90.8 Å². The van der Waals surface area contributed by atoms with E-state index in [9.17, 15) is 58.8 Å². The fourth-order valence-corrected chi connectivity index (χ4v) is 14.7. The molecule has 149 heavy (non-hydrogen) atoms. The van der Waals surface area contributed by atoms with E-state index >= 15 is 0 Å². The van der Waals surface area contributed by atoms with E-state index in [0.29, 0.717) is 68.1 Å². The largest absolute Gasteiger partial charge is 0.507 e. The molecule has 0 aliphatic rings. The molecule has 0 fully saturated rings. The van der Waals surface area contributed by atoms with Gasteiger partial charge in [0.25, 0.3) is 10.1 Å². The van der Waals surface area contributed by atoms with E-state index in [2.05, 4.69) is 59.0 Å². The number of ketones is 1. The fourth-order valence-electron chi connectivity index (χ4n) is 13.7. The first-order valence-electron chi connectivity index (χ1n) is 45.3. The van der Waals surface area contributed by atoms with Gasteiger partial charge in [-0.25, -0.2) is 19.7 Å². The van der Waals surface area contributed by atoms with Crippen molar-refractivity contribution in [2.24, 2.45) is 10.7 Å². The van der Waals surface area contributed by atoms with Crippen molar-refractivity contribution in [1.82, 2.24) is 25.3 Å². The normalized spacial score (nSPS) is 11.1. The molecule has 0 saturated carbocycles. The van der Waals surface area contributed by atoms with E-state index in [-0.39, 0.29) is 38.8 Å². The van der Waals surface area contributed by atoms with E-state index in [0.717, 1.165) is 113 Å². The number of pyridine rings is 4. The maximum absolute atomic E-state index is 13.0. The first-order valence-corrected chi connectivity index (χ1v) is 51.9. The average Bonchev–Trinajstić information content (AvgIpc) is 0.785. The van der Waals surface area contributed by atoms with E-state index < -0.39 is 50.5 Å². The van der Waals surface area contributed by atoms with E-state index in [1.807, 2.05) is 255 Å². The maximum Gasteiger partial charge on any atom is 0.418 e. The van der Waals surface area contributed by atoms with Crippen LogP contribution in [0.1, 0.15) is 88.0 Å². The number of nitrogen functional groups attached to an aromatic ring is 1. The SMILES string of the molecule is CC(C)(C)OC(=O)NCCN.COc1ccccc1-c1cc(=O)c2ccccc2[nH]1.COc1ccccc1-c1cc(Cl)c2ccccc2n1.COc1ccccc1-c1cc(OC(C)(C)C)c2ccccc2n1.COc1ccccc1C(C)=Nc1ccccc1C(F)(F)F.COc1ccccc1C(C)=O.Cc1ccc(S(=O)(=O)O)cc1.Nc1ccccc1C(F)(F)F.O=P(Cl)(Cl)Cl.Oc1ccccc1-c1cc(Cl)c2ccccc2n1. The molecule has 4 heterocycles. The number of carbonyl (C=O) groups is 2. The maximum atomic E-state index is 13.0. The van der Waals surface area contributed by atoms with Gasteiger partial charge in [-0.2, -0.15) is 34.8 Å². The van der Waals surface area contributed by atoms with Crippen molar-refractivity contribution in [2.75, 3.05) is 54.4 Å². The number of phenols is 1. The van der Waals surface area contributed by atoms with Crippen LogP contribution in [0.5, 0.6) is 40.2 Å². The van der Waals surface area contributed by atoms with Crippen molar-refractivity contribution < 1.29 is 91.7 Å². The number of carbonyl (C=O) groups excluding carboxylic acids is 2. The zero-order valence-corrected chi connectivity index (χ0v) is 88.9. The molecule has 0 atom stereocenters. The summed E-state index contributed by atoms with van der Waals surface area (Å²) in [5.74, 6) is 4.62. The van der Waals surface area contributed by atoms with Gasteiger partial charge < -0.3 is 60.0 Å². The number of aromatic amines is 1. The van der Waals surface area contributed by atoms with Gasteiger partial charge in [0.1, 0.15) is 51.4 Å². The minimum absolute atomic E-state index is 0.00950. The molecule has 0 bridgehead atoms. The average molecular weight is 2170 g/mol. The van der Waals surface area contributed by atoms with Gasteiger partial charge in [-0.15, -0.1) is 0 Å². The number of halogens is 11. The smallest absolute Gasteiger partial charge is 0.418 e. The third kappa shape index (κ3) is 38.3. The number of aryl methyl sites for hydroxylation is 1. The number of rotatable bonds is 16. The zero-order chi connectivity index (χ0) is 110. The number of hydrogen-bond donors (Lipinski definition) is 6. The van der Waals surface area contributed by atoms with Gasteiger partial charge in [0.2, 0.25) is 0 Å². The molecule has 0 saturated heterocycles. The number of alkyl halides is 6. The van der Waals surface area contributed by atoms with Crippen molar-refractivity contribution >= 4 is 145 Å². The Kier molecular flexibility index (Phi) is 45.4. The van der Waals surface area contributed by atoms with Crippen LogP contribution in [0.2, 0.25) is 10.0 Å². The fraction of sp³-hybridized carbons (Fsp3) is 0.177. The number of para-hydroxylation sites is 12. The molecule has 36 heteroatoms. The number of methoxy groups -OCH3 is 5. The van der Waals surface area contributed by atoms with Gasteiger partial charge >= 0.3 is 23.6 Å². The number of benzene rings is 13. The molecule has 4 aromatic heterocycles. The van der Waals surface area contributed by atoms with Crippen LogP contribution in [0.25, 0.3) is 88.6 Å². The van der Waals surface area contributed by atoms with Crippen molar-refractivity contribution in [3.8, 4) is 85.3 Å². The third-order valence-corrected chi connectivity index (χ3v) is 21.9. The van der Waals surface area contributed by atoms with E-state index in [4.69, 9.17) is 77.4 Å². The molecular formula is C113H110Cl5F6N8O15PS. The lowest BCUT2D eigenvalue weighted by Gasteiger charge is -2.23. The second kappa shape index (κ2) is 56.6. The predicted molar refractivity (Wildman–Crippen MR) is 588 cm³/mol. The lowest BCUT2D eigenvalue weighted by atomic mass is 10.1. The second-order valence-corrected chi connectivity index (χ2v) is 42.5. The van der Waals surface area contributed by atoms with Crippen LogP contribution in [-0.4, -0.2) is 115 Å². The van der Waals surface area contributed by atoms with Gasteiger partial charge in [0, 0.05) is 91.5 Å². The van der Waals surface area contributed by atoms with E-state index in [1.165, 1.54) is 62.6 Å².